The van der Waals surface area contributed by atoms with Gasteiger partial charge in [0.1, 0.15) is 5.82 Å². The molecule has 0 spiro atoms. The minimum Gasteiger partial charge on any atom is -0.396 e. The molecule has 0 atom stereocenters. The lowest BCUT2D eigenvalue weighted by atomic mass is 9.97. The van der Waals surface area contributed by atoms with E-state index < -0.39 is 0 Å². The van der Waals surface area contributed by atoms with Crippen molar-refractivity contribution < 1.29 is 14.3 Å². The van der Waals surface area contributed by atoms with Crippen LogP contribution in [0.25, 0.3) is 0 Å². The van der Waals surface area contributed by atoms with Crippen molar-refractivity contribution in [3.8, 4) is 0 Å². The van der Waals surface area contributed by atoms with Gasteiger partial charge in [0.25, 0.3) is 0 Å². The number of aliphatic hydroxyl groups is 1. The van der Waals surface area contributed by atoms with Gasteiger partial charge < -0.3 is 5.11 Å². The van der Waals surface area contributed by atoms with Gasteiger partial charge in [0.15, 0.2) is 5.78 Å². The Kier molecular flexibility index (Phi) is 4.44. The van der Waals surface area contributed by atoms with Gasteiger partial charge in [0.2, 0.25) is 0 Å². The van der Waals surface area contributed by atoms with Gasteiger partial charge in [-0.15, -0.1) is 0 Å². The van der Waals surface area contributed by atoms with Gasteiger partial charge in [-0.25, -0.2) is 4.39 Å². The minimum absolute atomic E-state index is 0.0254. The first-order chi connectivity index (χ1) is 8.69. The van der Waals surface area contributed by atoms with Crippen LogP contribution in [0.4, 0.5) is 4.39 Å². The Balaban J connectivity index is 1.86. The van der Waals surface area contributed by atoms with Gasteiger partial charge in [0, 0.05) is 12.2 Å². The largest absolute Gasteiger partial charge is 0.396 e. The maximum atomic E-state index is 12.7. The van der Waals surface area contributed by atoms with Crippen molar-refractivity contribution in [2.75, 3.05) is 26.2 Å². The third kappa shape index (κ3) is 3.37. The Labute approximate surface area is 106 Å². The fourth-order valence-electron chi connectivity index (χ4n) is 2.26. The number of benzene rings is 1. The molecule has 0 radical (unpaired) electrons. The molecule has 98 valence electrons. The third-order valence-corrected chi connectivity index (χ3v) is 3.50. The second-order valence-electron chi connectivity index (χ2n) is 4.83. The fraction of sp³-hybridized carbons (Fsp3) is 0.500. The number of hydrogen-bond acceptors (Lipinski definition) is 3. The predicted molar refractivity (Wildman–Crippen MR) is 67.0 cm³/mol. The first-order valence-electron chi connectivity index (χ1n) is 6.31. The summed E-state index contributed by atoms with van der Waals surface area (Å²) in [4.78, 5) is 14.1. The Morgan fingerprint density at radius 3 is 2.44 bits per heavy atom. The Bertz CT molecular complexity index is 397. The quantitative estimate of drug-likeness (QED) is 0.828. The molecule has 3 nitrogen and oxygen atoms in total. The molecule has 0 saturated carbocycles. The molecule has 0 amide bonds. The van der Waals surface area contributed by atoms with Crippen LogP contribution in [-0.2, 0) is 0 Å². The molecule has 0 bridgehead atoms. The van der Waals surface area contributed by atoms with E-state index in [1.54, 1.807) is 0 Å². The van der Waals surface area contributed by atoms with Crippen LogP contribution in [0.1, 0.15) is 23.2 Å². The van der Waals surface area contributed by atoms with Crippen molar-refractivity contribution in [2.45, 2.75) is 12.8 Å². The molecule has 18 heavy (non-hydrogen) atoms. The third-order valence-electron chi connectivity index (χ3n) is 3.50. The number of carbonyl (C=O) groups is 1. The highest BCUT2D eigenvalue weighted by molar-refractivity contribution is 5.97. The van der Waals surface area contributed by atoms with Gasteiger partial charge in [0.05, 0.1) is 6.54 Å². The first kappa shape index (κ1) is 13.2. The summed E-state index contributed by atoms with van der Waals surface area (Å²) < 4.78 is 12.7. The second kappa shape index (κ2) is 6.07. The summed E-state index contributed by atoms with van der Waals surface area (Å²) in [6.07, 6.45) is 1.88. The van der Waals surface area contributed by atoms with Crippen LogP contribution in [0, 0.1) is 11.7 Å². The van der Waals surface area contributed by atoms with Gasteiger partial charge >= 0.3 is 0 Å². The molecule has 1 N–H and O–H groups in total. The number of likely N-dealkylation sites (tertiary alicyclic amines) is 1. The molecular weight excluding hydrogens is 233 g/mol. The molecule has 1 aliphatic rings. The molecular formula is C14H18FNO2. The predicted octanol–water partition coefficient (Wildman–Crippen LogP) is 1.71. The molecule has 1 fully saturated rings. The van der Waals surface area contributed by atoms with E-state index in [-0.39, 0.29) is 18.2 Å². The monoisotopic (exact) mass is 251 g/mol. The van der Waals surface area contributed by atoms with Crippen molar-refractivity contribution in [2.24, 2.45) is 5.92 Å². The van der Waals surface area contributed by atoms with Crippen LogP contribution >= 0.6 is 0 Å². The Morgan fingerprint density at radius 1 is 1.28 bits per heavy atom. The van der Waals surface area contributed by atoms with Crippen LogP contribution in [0.15, 0.2) is 24.3 Å². The summed E-state index contributed by atoms with van der Waals surface area (Å²) >= 11 is 0. The van der Waals surface area contributed by atoms with E-state index >= 15 is 0 Å². The molecule has 1 aromatic rings. The van der Waals surface area contributed by atoms with Crippen molar-refractivity contribution in [1.29, 1.82) is 0 Å². The van der Waals surface area contributed by atoms with Crippen LogP contribution in [-0.4, -0.2) is 42.0 Å². The van der Waals surface area contributed by atoms with E-state index in [2.05, 4.69) is 4.90 Å². The number of carbonyl (C=O) groups excluding carboxylic acids is 1. The van der Waals surface area contributed by atoms with Crippen molar-refractivity contribution in [1.82, 2.24) is 4.90 Å². The molecule has 2 rings (SSSR count). The summed E-state index contributed by atoms with van der Waals surface area (Å²) in [5.41, 5.74) is 0.556. The fourth-order valence-corrected chi connectivity index (χ4v) is 2.26. The second-order valence-corrected chi connectivity index (χ2v) is 4.83. The van der Waals surface area contributed by atoms with Crippen LogP contribution in [0.3, 0.4) is 0 Å². The van der Waals surface area contributed by atoms with E-state index in [1.165, 1.54) is 24.3 Å². The number of ketones is 1. The highest BCUT2D eigenvalue weighted by atomic mass is 19.1. The van der Waals surface area contributed by atoms with Gasteiger partial charge in [-0.2, -0.15) is 0 Å². The number of piperidine rings is 1. The summed E-state index contributed by atoms with van der Waals surface area (Å²) in [7, 11) is 0. The van der Waals surface area contributed by atoms with Crippen molar-refractivity contribution in [3.05, 3.63) is 35.6 Å². The molecule has 0 aromatic heterocycles. The van der Waals surface area contributed by atoms with Crippen LogP contribution < -0.4 is 0 Å². The maximum absolute atomic E-state index is 12.7. The highest BCUT2D eigenvalue weighted by Crippen LogP contribution is 2.16. The molecule has 0 aliphatic carbocycles. The normalized spacial score (nSPS) is 17.9. The molecule has 4 heteroatoms. The summed E-state index contributed by atoms with van der Waals surface area (Å²) in [6, 6.07) is 5.67. The number of halogens is 1. The average Bonchev–Trinajstić information content (AvgIpc) is 2.40. The summed E-state index contributed by atoms with van der Waals surface area (Å²) in [5.74, 6) is 0.0786. The van der Waals surface area contributed by atoms with Gasteiger partial charge in [-0.1, -0.05) is 0 Å². The first-order valence-corrected chi connectivity index (χ1v) is 6.31. The van der Waals surface area contributed by atoms with E-state index in [9.17, 15) is 9.18 Å². The molecule has 1 heterocycles. The lowest BCUT2D eigenvalue weighted by Gasteiger charge is -2.30. The molecule has 0 unspecified atom stereocenters. The Hall–Kier alpha value is -1.26. The zero-order chi connectivity index (χ0) is 13.0. The van der Waals surface area contributed by atoms with E-state index in [4.69, 9.17) is 5.11 Å². The zero-order valence-corrected chi connectivity index (χ0v) is 10.3. The van der Waals surface area contributed by atoms with E-state index in [0.29, 0.717) is 18.0 Å². The average molecular weight is 251 g/mol. The van der Waals surface area contributed by atoms with Gasteiger partial charge in [-0.3, -0.25) is 9.69 Å². The molecule has 1 aromatic carbocycles. The van der Waals surface area contributed by atoms with Crippen molar-refractivity contribution in [3.63, 3.8) is 0 Å². The Morgan fingerprint density at radius 2 is 1.89 bits per heavy atom. The van der Waals surface area contributed by atoms with E-state index in [0.717, 1.165) is 25.9 Å². The lowest BCUT2D eigenvalue weighted by Crippen LogP contribution is -2.38. The molecule has 1 aliphatic heterocycles. The SMILES string of the molecule is O=C(CN1CCC(CO)CC1)c1ccc(F)cc1. The zero-order valence-electron chi connectivity index (χ0n) is 10.3. The van der Waals surface area contributed by atoms with Gasteiger partial charge in [-0.05, 0) is 56.1 Å². The lowest BCUT2D eigenvalue weighted by molar-refractivity contribution is 0.0864. The molecule has 1 saturated heterocycles. The number of nitrogens with zero attached hydrogens (tertiary/aromatic N) is 1. The smallest absolute Gasteiger partial charge is 0.176 e. The summed E-state index contributed by atoms with van der Waals surface area (Å²) in [5, 5.41) is 9.04. The minimum atomic E-state index is -0.324. The van der Waals surface area contributed by atoms with E-state index in [1.807, 2.05) is 0 Å². The maximum Gasteiger partial charge on any atom is 0.176 e. The topological polar surface area (TPSA) is 40.5 Å². The van der Waals surface area contributed by atoms with Crippen molar-refractivity contribution >= 4 is 5.78 Å². The number of rotatable bonds is 4. The number of hydrogen-bond donors (Lipinski definition) is 1. The van der Waals surface area contributed by atoms with Crippen LogP contribution in [0.2, 0.25) is 0 Å². The standard InChI is InChI=1S/C14H18FNO2/c15-13-3-1-12(2-4-13)14(18)9-16-7-5-11(10-17)6-8-16/h1-4,11,17H,5-10H2. The van der Waals surface area contributed by atoms with Crippen LogP contribution in [0.5, 0.6) is 0 Å². The number of Topliss-reactive ketones (excluding diaryl/α,β-unsaturated/α-hetero) is 1. The highest BCUT2D eigenvalue weighted by Gasteiger charge is 2.20. The summed E-state index contributed by atoms with van der Waals surface area (Å²) in [6.45, 7) is 2.31. The number of aliphatic hydroxyl groups excluding tert-OH is 1.